The van der Waals surface area contributed by atoms with Gasteiger partial charge in [-0.1, -0.05) is 32.9 Å². The Morgan fingerprint density at radius 2 is 1.58 bits per heavy atom. The SMILES string of the molecule is COc1cc(OC)nc(-c2n[nH]c(=S)n2-c2ccc(C(C)(C)C)cc2)n1. The molecule has 0 bridgehead atoms. The number of ether oxygens (including phenoxy) is 2. The van der Waals surface area contributed by atoms with Crippen molar-refractivity contribution >= 4 is 12.2 Å². The second-order valence-corrected chi connectivity index (χ2v) is 7.15. The van der Waals surface area contributed by atoms with Crippen LogP contribution in [-0.4, -0.2) is 39.0 Å². The Balaban J connectivity index is 2.12. The number of hydrogen-bond acceptors (Lipinski definition) is 6. The van der Waals surface area contributed by atoms with Gasteiger partial charge in [-0.05, 0) is 35.3 Å². The van der Waals surface area contributed by atoms with Crippen LogP contribution in [0.4, 0.5) is 0 Å². The summed E-state index contributed by atoms with van der Waals surface area (Å²) in [6, 6.07) is 9.79. The molecule has 0 radical (unpaired) electrons. The number of nitrogens with one attached hydrogen (secondary N) is 1. The highest BCUT2D eigenvalue weighted by Gasteiger charge is 2.18. The van der Waals surface area contributed by atoms with E-state index < -0.39 is 0 Å². The minimum Gasteiger partial charge on any atom is -0.481 e. The zero-order valence-electron chi connectivity index (χ0n) is 15.4. The largest absolute Gasteiger partial charge is 0.481 e. The second-order valence-electron chi connectivity index (χ2n) is 6.76. The van der Waals surface area contributed by atoms with Crippen molar-refractivity contribution in [2.24, 2.45) is 0 Å². The molecule has 1 N–H and O–H groups in total. The molecule has 7 nitrogen and oxygen atoms in total. The third-order valence-corrected chi connectivity index (χ3v) is 4.24. The third kappa shape index (κ3) is 3.45. The van der Waals surface area contributed by atoms with Crippen LogP contribution in [0.3, 0.4) is 0 Å². The molecule has 136 valence electrons. The van der Waals surface area contributed by atoms with E-state index in [9.17, 15) is 0 Å². The highest BCUT2D eigenvalue weighted by molar-refractivity contribution is 7.71. The summed E-state index contributed by atoms with van der Waals surface area (Å²) in [5.74, 6) is 1.61. The molecule has 0 atom stereocenters. The minimum atomic E-state index is 0.0719. The maximum absolute atomic E-state index is 5.41. The van der Waals surface area contributed by atoms with Gasteiger partial charge in [0, 0.05) is 0 Å². The van der Waals surface area contributed by atoms with E-state index >= 15 is 0 Å². The molecular formula is C18H21N5O2S. The van der Waals surface area contributed by atoms with Gasteiger partial charge in [0.15, 0.2) is 4.77 Å². The van der Waals surface area contributed by atoms with Crippen LogP contribution < -0.4 is 9.47 Å². The predicted octanol–water partition coefficient (Wildman–Crippen LogP) is 3.70. The van der Waals surface area contributed by atoms with E-state index in [1.807, 2.05) is 12.1 Å². The Kier molecular flexibility index (Phi) is 4.78. The number of H-pyrrole nitrogens is 1. The molecule has 0 aliphatic rings. The highest BCUT2D eigenvalue weighted by atomic mass is 32.1. The van der Waals surface area contributed by atoms with Crippen LogP contribution in [-0.2, 0) is 5.41 Å². The first-order valence-electron chi connectivity index (χ1n) is 8.09. The van der Waals surface area contributed by atoms with Crippen LogP contribution in [0.1, 0.15) is 26.3 Å². The van der Waals surface area contributed by atoms with Gasteiger partial charge in [-0.15, -0.1) is 0 Å². The Morgan fingerprint density at radius 3 is 2.08 bits per heavy atom. The Morgan fingerprint density at radius 1 is 1.00 bits per heavy atom. The molecule has 0 aliphatic carbocycles. The maximum atomic E-state index is 5.41. The number of benzene rings is 1. The van der Waals surface area contributed by atoms with Crippen molar-refractivity contribution in [3.8, 4) is 29.1 Å². The average Bonchev–Trinajstić information content (AvgIpc) is 3.02. The summed E-state index contributed by atoms with van der Waals surface area (Å²) < 4.78 is 12.7. The number of methoxy groups -OCH3 is 2. The van der Waals surface area contributed by atoms with E-state index in [1.165, 1.54) is 19.8 Å². The van der Waals surface area contributed by atoms with Gasteiger partial charge in [0.25, 0.3) is 0 Å². The number of hydrogen-bond donors (Lipinski definition) is 1. The second kappa shape index (κ2) is 6.87. The van der Waals surface area contributed by atoms with E-state index in [-0.39, 0.29) is 5.41 Å². The fourth-order valence-corrected chi connectivity index (χ4v) is 2.75. The summed E-state index contributed by atoms with van der Waals surface area (Å²) >= 11 is 5.41. The summed E-state index contributed by atoms with van der Waals surface area (Å²) in [5.41, 5.74) is 2.18. The van der Waals surface area contributed by atoms with Gasteiger partial charge in [-0.3, -0.25) is 9.67 Å². The summed E-state index contributed by atoms with van der Waals surface area (Å²) in [5, 5.41) is 7.10. The van der Waals surface area contributed by atoms with Crippen molar-refractivity contribution in [2.45, 2.75) is 26.2 Å². The molecule has 26 heavy (non-hydrogen) atoms. The van der Waals surface area contributed by atoms with Crippen LogP contribution in [0.5, 0.6) is 11.8 Å². The number of rotatable bonds is 4. The smallest absolute Gasteiger partial charge is 0.220 e. The lowest BCUT2D eigenvalue weighted by molar-refractivity contribution is 0.372. The monoisotopic (exact) mass is 371 g/mol. The Hall–Kier alpha value is -2.74. The van der Waals surface area contributed by atoms with Crippen LogP contribution >= 0.6 is 12.2 Å². The van der Waals surface area contributed by atoms with Gasteiger partial charge in [-0.25, -0.2) is 0 Å². The van der Waals surface area contributed by atoms with Crippen molar-refractivity contribution < 1.29 is 9.47 Å². The van der Waals surface area contributed by atoms with E-state index in [1.54, 1.807) is 10.6 Å². The average molecular weight is 371 g/mol. The minimum absolute atomic E-state index is 0.0719. The molecule has 0 aliphatic heterocycles. The van der Waals surface area contributed by atoms with E-state index in [4.69, 9.17) is 21.7 Å². The predicted molar refractivity (Wildman–Crippen MR) is 102 cm³/mol. The van der Waals surface area contributed by atoms with Crippen LogP contribution in [0, 0.1) is 4.77 Å². The van der Waals surface area contributed by atoms with Gasteiger partial charge in [0.1, 0.15) is 0 Å². The van der Waals surface area contributed by atoms with Crippen molar-refractivity contribution in [1.82, 2.24) is 24.7 Å². The fraction of sp³-hybridized carbons (Fsp3) is 0.333. The number of aromatic nitrogens is 5. The molecule has 0 spiro atoms. The molecule has 2 heterocycles. The molecule has 2 aromatic heterocycles. The van der Waals surface area contributed by atoms with Crippen LogP contribution in [0.15, 0.2) is 30.3 Å². The van der Waals surface area contributed by atoms with E-state index in [2.05, 4.69) is 53.1 Å². The lowest BCUT2D eigenvalue weighted by Crippen LogP contribution is -2.11. The first-order valence-corrected chi connectivity index (χ1v) is 8.50. The lowest BCUT2D eigenvalue weighted by atomic mass is 9.87. The molecule has 0 saturated heterocycles. The highest BCUT2D eigenvalue weighted by Crippen LogP contribution is 2.26. The molecular weight excluding hydrogens is 350 g/mol. The van der Waals surface area contributed by atoms with Crippen LogP contribution in [0.25, 0.3) is 17.3 Å². The van der Waals surface area contributed by atoms with Crippen molar-refractivity contribution in [2.75, 3.05) is 14.2 Å². The quantitative estimate of drug-likeness (QED) is 0.705. The zero-order valence-corrected chi connectivity index (χ0v) is 16.2. The maximum Gasteiger partial charge on any atom is 0.220 e. The van der Waals surface area contributed by atoms with Crippen molar-refractivity contribution in [3.63, 3.8) is 0 Å². The third-order valence-electron chi connectivity index (χ3n) is 3.96. The molecule has 0 saturated carbocycles. The first-order chi connectivity index (χ1) is 12.3. The zero-order chi connectivity index (χ0) is 18.9. The molecule has 0 amide bonds. The first kappa shape index (κ1) is 18.1. The topological polar surface area (TPSA) is 77.9 Å². The van der Waals surface area contributed by atoms with E-state index in [0.717, 1.165) is 5.69 Å². The molecule has 3 aromatic rings. The molecule has 0 fully saturated rings. The van der Waals surface area contributed by atoms with E-state index in [0.29, 0.717) is 28.2 Å². The summed E-state index contributed by atoms with van der Waals surface area (Å²) in [4.78, 5) is 8.73. The standard InChI is InChI=1S/C18H21N5O2S/c1-18(2,3)11-6-8-12(9-7-11)23-16(21-22-17(23)26)15-19-13(24-4)10-14(20-15)25-5/h6-10H,1-5H3,(H,22,26). The van der Waals surface area contributed by atoms with Gasteiger partial charge in [0.2, 0.25) is 23.4 Å². The lowest BCUT2D eigenvalue weighted by Gasteiger charge is -2.19. The molecule has 3 rings (SSSR count). The van der Waals surface area contributed by atoms with Gasteiger partial charge < -0.3 is 9.47 Å². The molecule has 8 heteroatoms. The molecule has 0 unspecified atom stereocenters. The van der Waals surface area contributed by atoms with Crippen LogP contribution in [0.2, 0.25) is 0 Å². The van der Waals surface area contributed by atoms with Gasteiger partial charge >= 0.3 is 0 Å². The summed E-state index contributed by atoms with van der Waals surface area (Å²) in [7, 11) is 3.07. The summed E-state index contributed by atoms with van der Waals surface area (Å²) in [6.45, 7) is 6.52. The number of nitrogens with zero attached hydrogens (tertiary/aromatic N) is 4. The Labute approximate surface area is 157 Å². The summed E-state index contributed by atoms with van der Waals surface area (Å²) in [6.07, 6.45) is 0. The molecule has 1 aromatic carbocycles. The number of aromatic amines is 1. The van der Waals surface area contributed by atoms with Gasteiger partial charge in [0.05, 0.1) is 26.0 Å². The fourth-order valence-electron chi connectivity index (χ4n) is 2.51. The normalized spacial score (nSPS) is 11.4. The van der Waals surface area contributed by atoms with Gasteiger partial charge in [-0.2, -0.15) is 15.1 Å². The van der Waals surface area contributed by atoms with Crippen molar-refractivity contribution in [3.05, 3.63) is 40.7 Å². The Bertz CT molecular complexity index is 948. The van der Waals surface area contributed by atoms with Crippen molar-refractivity contribution in [1.29, 1.82) is 0 Å².